The van der Waals surface area contributed by atoms with Gasteiger partial charge in [0.2, 0.25) is 0 Å². The molecule has 1 aliphatic heterocycles. The molecule has 1 aliphatic rings. The number of hydrogen-bond acceptors (Lipinski definition) is 3. The van der Waals surface area contributed by atoms with Gasteiger partial charge in [0.05, 0.1) is 0 Å². The molecular formula is C21H20N2O3. The molecule has 0 unspecified atom stereocenters. The van der Waals surface area contributed by atoms with E-state index in [1.54, 1.807) is 4.90 Å². The largest absolute Gasteiger partial charge is 0.454 e. The molecule has 0 fully saturated rings. The summed E-state index contributed by atoms with van der Waals surface area (Å²) in [7, 11) is 0. The molecule has 0 bridgehead atoms. The van der Waals surface area contributed by atoms with Crippen LogP contribution in [-0.4, -0.2) is 29.6 Å². The van der Waals surface area contributed by atoms with Crippen LogP contribution in [0, 0.1) is 6.92 Å². The van der Waals surface area contributed by atoms with Gasteiger partial charge in [-0.05, 0) is 42.5 Å². The van der Waals surface area contributed by atoms with Crippen molar-refractivity contribution in [2.24, 2.45) is 0 Å². The number of hydrogen-bond donors (Lipinski definition) is 0. The quantitative estimate of drug-likeness (QED) is 0.681. The van der Waals surface area contributed by atoms with Crippen LogP contribution in [0.2, 0.25) is 0 Å². The summed E-state index contributed by atoms with van der Waals surface area (Å²) >= 11 is 0. The maximum absolute atomic E-state index is 12.4. The summed E-state index contributed by atoms with van der Waals surface area (Å²) in [5.41, 5.74) is 4.05. The Kier molecular flexibility index (Phi) is 4.21. The number of rotatable bonds is 4. The van der Waals surface area contributed by atoms with Crippen LogP contribution in [-0.2, 0) is 27.3 Å². The van der Waals surface area contributed by atoms with Crippen LogP contribution < -0.4 is 4.90 Å². The molecule has 2 heterocycles. The highest BCUT2D eigenvalue weighted by molar-refractivity contribution is 5.97. The smallest absolute Gasteiger partial charge is 0.326 e. The lowest BCUT2D eigenvalue weighted by Crippen LogP contribution is -2.33. The molecule has 0 radical (unpaired) electrons. The van der Waals surface area contributed by atoms with E-state index in [2.05, 4.69) is 0 Å². The average Bonchev–Trinajstić information content (AvgIpc) is 3.21. The summed E-state index contributed by atoms with van der Waals surface area (Å²) in [6.45, 7) is 2.46. The van der Waals surface area contributed by atoms with Crippen LogP contribution in [0.4, 0.5) is 5.69 Å². The Balaban J connectivity index is 1.40. The van der Waals surface area contributed by atoms with E-state index < -0.39 is 5.97 Å². The van der Waals surface area contributed by atoms with Gasteiger partial charge in [0.25, 0.3) is 5.91 Å². The van der Waals surface area contributed by atoms with Gasteiger partial charge in [0.1, 0.15) is 6.54 Å². The first-order valence-corrected chi connectivity index (χ1v) is 8.72. The van der Waals surface area contributed by atoms with Crippen molar-refractivity contribution >= 4 is 28.5 Å². The second-order valence-electron chi connectivity index (χ2n) is 6.52. The zero-order valence-corrected chi connectivity index (χ0v) is 14.6. The van der Waals surface area contributed by atoms with E-state index in [0.717, 1.165) is 34.3 Å². The van der Waals surface area contributed by atoms with Crippen LogP contribution in [0.5, 0.6) is 0 Å². The molecule has 0 aliphatic carbocycles. The average molecular weight is 348 g/mol. The van der Waals surface area contributed by atoms with Crippen molar-refractivity contribution in [3.63, 3.8) is 0 Å². The van der Waals surface area contributed by atoms with E-state index in [-0.39, 0.29) is 19.1 Å². The fraction of sp³-hybridized carbons (Fsp3) is 0.238. The second-order valence-corrected chi connectivity index (χ2v) is 6.52. The Morgan fingerprint density at radius 2 is 1.85 bits per heavy atom. The number of carbonyl (C=O) groups excluding carboxylic acids is 2. The first-order chi connectivity index (χ1) is 12.6. The van der Waals surface area contributed by atoms with Crippen LogP contribution >= 0.6 is 0 Å². The number of ether oxygens (including phenoxy) is 1. The van der Waals surface area contributed by atoms with Crippen molar-refractivity contribution in [1.82, 2.24) is 4.57 Å². The lowest BCUT2D eigenvalue weighted by Gasteiger charge is -2.17. The number of amides is 1. The molecule has 0 saturated heterocycles. The second kappa shape index (κ2) is 6.67. The number of esters is 1. The molecule has 2 aromatic carbocycles. The monoisotopic (exact) mass is 348 g/mol. The molecule has 3 aromatic rings. The summed E-state index contributed by atoms with van der Waals surface area (Å²) in [4.78, 5) is 26.4. The highest BCUT2D eigenvalue weighted by Crippen LogP contribution is 2.27. The third-order valence-electron chi connectivity index (χ3n) is 4.85. The number of benzene rings is 2. The first kappa shape index (κ1) is 16.4. The van der Waals surface area contributed by atoms with Gasteiger partial charge >= 0.3 is 5.97 Å². The zero-order chi connectivity index (χ0) is 18.1. The highest BCUT2D eigenvalue weighted by atomic mass is 16.5. The number of carbonyl (C=O) groups is 2. The number of anilines is 1. The van der Waals surface area contributed by atoms with Crippen molar-refractivity contribution in [2.75, 3.05) is 18.1 Å². The molecule has 5 heteroatoms. The Bertz CT molecular complexity index is 990. The number of nitrogens with zero attached hydrogens (tertiary/aromatic N) is 2. The van der Waals surface area contributed by atoms with E-state index >= 15 is 0 Å². The van der Waals surface area contributed by atoms with Crippen molar-refractivity contribution in [3.05, 3.63) is 65.9 Å². The summed E-state index contributed by atoms with van der Waals surface area (Å²) in [5, 5.41) is 1.09. The van der Waals surface area contributed by atoms with Gasteiger partial charge in [-0.3, -0.25) is 9.59 Å². The van der Waals surface area contributed by atoms with Gasteiger partial charge in [0, 0.05) is 23.4 Å². The van der Waals surface area contributed by atoms with Gasteiger partial charge in [-0.15, -0.1) is 0 Å². The topological polar surface area (TPSA) is 51.5 Å². The zero-order valence-electron chi connectivity index (χ0n) is 14.6. The van der Waals surface area contributed by atoms with Crippen molar-refractivity contribution in [1.29, 1.82) is 0 Å². The molecule has 132 valence electrons. The lowest BCUT2D eigenvalue weighted by molar-refractivity contribution is -0.148. The lowest BCUT2D eigenvalue weighted by atomic mass is 10.2. The van der Waals surface area contributed by atoms with E-state index in [0.29, 0.717) is 6.54 Å². The molecule has 0 spiro atoms. The fourth-order valence-corrected chi connectivity index (χ4v) is 3.55. The Morgan fingerprint density at radius 1 is 1.08 bits per heavy atom. The van der Waals surface area contributed by atoms with Gasteiger partial charge < -0.3 is 14.2 Å². The molecule has 0 atom stereocenters. The predicted octanol–water partition coefficient (Wildman–Crippen LogP) is 3.08. The Labute approximate surface area is 151 Å². The van der Waals surface area contributed by atoms with Gasteiger partial charge in [-0.1, -0.05) is 36.4 Å². The van der Waals surface area contributed by atoms with E-state index in [1.165, 1.54) is 0 Å². The van der Waals surface area contributed by atoms with E-state index in [1.807, 2.05) is 66.1 Å². The maximum Gasteiger partial charge on any atom is 0.326 e. The minimum Gasteiger partial charge on any atom is -0.454 e. The normalized spacial score (nSPS) is 13.0. The molecule has 5 nitrogen and oxygen atoms in total. The van der Waals surface area contributed by atoms with E-state index in [9.17, 15) is 9.59 Å². The minimum absolute atomic E-state index is 0.100. The number of fused-ring (bicyclic) bond motifs is 2. The molecule has 4 rings (SSSR count). The van der Waals surface area contributed by atoms with Gasteiger partial charge in [0.15, 0.2) is 6.61 Å². The minimum atomic E-state index is -0.407. The van der Waals surface area contributed by atoms with Crippen LogP contribution in [0.25, 0.3) is 10.9 Å². The number of para-hydroxylation sites is 2. The molecule has 26 heavy (non-hydrogen) atoms. The fourth-order valence-electron chi connectivity index (χ4n) is 3.55. The van der Waals surface area contributed by atoms with Crippen LogP contribution in [0.3, 0.4) is 0 Å². The molecular weight excluding hydrogens is 328 g/mol. The number of aryl methyl sites for hydroxylation is 1. The number of aromatic nitrogens is 1. The molecule has 0 N–H and O–H groups in total. The van der Waals surface area contributed by atoms with Crippen LogP contribution in [0.1, 0.15) is 11.3 Å². The third-order valence-corrected chi connectivity index (χ3v) is 4.85. The highest BCUT2D eigenvalue weighted by Gasteiger charge is 2.25. The summed E-state index contributed by atoms with van der Waals surface area (Å²) in [6, 6.07) is 17.8. The predicted molar refractivity (Wildman–Crippen MR) is 100 cm³/mol. The Hall–Kier alpha value is -3.08. The molecule has 0 saturated carbocycles. The van der Waals surface area contributed by atoms with Crippen molar-refractivity contribution in [3.8, 4) is 0 Å². The van der Waals surface area contributed by atoms with Crippen molar-refractivity contribution in [2.45, 2.75) is 19.9 Å². The Morgan fingerprint density at radius 3 is 2.73 bits per heavy atom. The first-order valence-electron chi connectivity index (χ1n) is 8.72. The SMILES string of the molecule is Cc1cc2ccccc2n1CC(=O)OCC(=O)N1CCc2ccccc21. The van der Waals surface area contributed by atoms with Gasteiger partial charge in [-0.25, -0.2) is 0 Å². The summed E-state index contributed by atoms with van der Waals surface area (Å²) in [6.07, 6.45) is 0.838. The molecule has 1 amide bonds. The van der Waals surface area contributed by atoms with Gasteiger partial charge in [-0.2, -0.15) is 0 Å². The summed E-state index contributed by atoms with van der Waals surface area (Å²) in [5.74, 6) is -0.590. The van der Waals surface area contributed by atoms with Crippen LogP contribution in [0.15, 0.2) is 54.6 Å². The molecule has 1 aromatic heterocycles. The summed E-state index contributed by atoms with van der Waals surface area (Å²) < 4.78 is 7.17. The standard InChI is InChI=1S/C21H20N2O3/c1-15-12-17-7-3-5-9-19(17)23(15)13-21(25)26-14-20(24)22-11-10-16-6-2-4-8-18(16)22/h2-9,12H,10-11,13-14H2,1H3. The third kappa shape index (κ3) is 2.96. The van der Waals surface area contributed by atoms with Crippen molar-refractivity contribution < 1.29 is 14.3 Å². The van der Waals surface area contributed by atoms with E-state index in [4.69, 9.17) is 4.74 Å². The maximum atomic E-state index is 12.4.